The van der Waals surface area contributed by atoms with Crippen molar-refractivity contribution in [1.82, 2.24) is 0 Å². The number of benzene rings is 1. The monoisotopic (exact) mass is 315 g/mol. The second-order valence-corrected chi connectivity index (χ2v) is 8.04. The van der Waals surface area contributed by atoms with Gasteiger partial charge in [0.05, 0.1) is 16.7 Å². The van der Waals surface area contributed by atoms with Crippen molar-refractivity contribution < 1.29 is 5.11 Å². The van der Waals surface area contributed by atoms with Crippen LogP contribution in [0, 0.1) is 28.6 Å². The number of fused-ring (bicyclic) bond motifs is 5. The van der Waals surface area contributed by atoms with Crippen LogP contribution in [0.25, 0.3) is 0 Å². The molecule has 0 spiro atoms. The highest BCUT2D eigenvalue weighted by molar-refractivity contribution is 6.32. The van der Waals surface area contributed by atoms with E-state index >= 15 is 0 Å². The normalized spacial score (nSPS) is 39.5. The van der Waals surface area contributed by atoms with Crippen LogP contribution in [-0.4, -0.2) is 11.2 Å². The van der Waals surface area contributed by atoms with E-state index in [0.29, 0.717) is 28.3 Å². The summed E-state index contributed by atoms with van der Waals surface area (Å²) in [6.45, 7) is 2.30. The Kier molecular flexibility index (Phi) is 3.29. The molecule has 0 bridgehead atoms. The summed E-state index contributed by atoms with van der Waals surface area (Å²) in [6.07, 6.45) is 6.39. The molecule has 0 radical (unpaired) electrons. The minimum atomic E-state index is -0.121. The minimum absolute atomic E-state index is 0.120. The maximum atomic E-state index is 10.4. The molecular weight excluding hydrogens is 294 g/mol. The largest absolute Gasteiger partial charge is 0.393 e. The van der Waals surface area contributed by atoms with Gasteiger partial charge in [0.2, 0.25) is 0 Å². The molecule has 1 N–H and O–H groups in total. The Bertz CT molecular complexity index is 664. The first kappa shape index (κ1) is 14.5. The zero-order valence-corrected chi connectivity index (χ0v) is 13.7. The molecule has 2 nitrogen and oxygen atoms in total. The first-order chi connectivity index (χ1) is 10.6. The van der Waals surface area contributed by atoms with E-state index in [2.05, 4.69) is 19.1 Å². The molecule has 4 rings (SSSR count). The third kappa shape index (κ3) is 1.82. The Morgan fingerprint density at radius 2 is 2.09 bits per heavy atom. The number of rotatable bonds is 0. The molecule has 0 heterocycles. The standard InChI is InChI=1S/C19H22ClNO/c1-19-9-8-13-12-3-2-11(10-21)18(20)15(12)5-4-14(13)16(19)6-7-17(19)22/h2-3,13-14,16-17,22H,4-9H2,1H3/t13?,14?,16?,17-,19-/m0/s1. The van der Waals surface area contributed by atoms with Crippen molar-refractivity contribution in [2.75, 3.05) is 0 Å². The summed E-state index contributed by atoms with van der Waals surface area (Å²) in [5.74, 6) is 1.88. The summed E-state index contributed by atoms with van der Waals surface area (Å²) in [6, 6.07) is 6.23. The molecule has 2 saturated carbocycles. The molecule has 3 aliphatic carbocycles. The third-order valence-electron chi connectivity index (χ3n) is 6.91. The molecular formula is C19H22ClNO. The van der Waals surface area contributed by atoms with Gasteiger partial charge in [0.1, 0.15) is 6.07 Å². The molecule has 3 heteroatoms. The van der Waals surface area contributed by atoms with Crippen molar-refractivity contribution in [2.24, 2.45) is 17.3 Å². The molecule has 3 aliphatic rings. The predicted molar refractivity (Wildman–Crippen MR) is 86.8 cm³/mol. The molecule has 0 aliphatic heterocycles. The predicted octanol–water partition coefficient (Wildman–Crippen LogP) is 4.43. The number of aliphatic hydroxyl groups excluding tert-OH is 1. The zero-order valence-electron chi connectivity index (χ0n) is 13.0. The number of aliphatic hydroxyl groups is 1. The van der Waals surface area contributed by atoms with E-state index in [0.717, 1.165) is 38.5 Å². The first-order valence-corrected chi connectivity index (χ1v) is 8.83. The van der Waals surface area contributed by atoms with E-state index in [4.69, 9.17) is 11.6 Å². The van der Waals surface area contributed by atoms with Gasteiger partial charge in [-0.3, -0.25) is 0 Å². The fraction of sp³-hybridized carbons (Fsp3) is 0.632. The number of hydrogen-bond acceptors (Lipinski definition) is 2. The smallest absolute Gasteiger partial charge is 0.101 e. The summed E-state index contributed by atoms with van der Waals surface area (Å²) in [4.78, 5) is 0. The topological polar surface area (TPSA) is 44.0 Å². The van der Waals surface area contributed by atoms with Crippen molar-refractivity contribution in [1.29, 1.82) is 5.26 Å². The first-order valence-electron chi connectivity index (χ1n) is 8.45. The van der Waals surface area contributed by atoms with Crippen molar-refractivity contribution in [3.05, 3.63) is 33.8 Å². The second kappa shape index (κ2) is 4.98. The molecule has 5 atom stereocenters. The van der Waals surface area contributed by atoms with Crippen LogP contribution < -0.4 is 0 Å². The van der Waals surface area contributed by atoms with Crippen LogP contribution in [0.3, 0.4) is 0 Å². The molecule has 22 heavy (non-hydrogen) atoms. The van der Waals surface area contributed by atoms with E-state index in [-0.39, 0.29) is 11.5 Å². The quantitative estimate of drug-likeness (QED) is 0.769. The Morgan fingerprint density at radius 1 is 1.27 bits per heavy atom. The SMILES string of the molecule is C[C@]12CCC3c4ccc(C#N)c(Cl)c4CCC3C1CC[C@@H]2O. The molecule has 1 aromatic rings. The highest BCUT2D eigenvalue weighted by atomic mass is 35.5. The second-order valence-electron chi connectivity index (χ2n) is 7.66. The van der Waals surface area contributed by atoms with Gasteiger partial charge in [0, 0.05) is 0 Å². The summed E-state index contributed by atoms with van der Waals surface area (Å²) in [5, 5.41) is 20.3. The van der Waals surface area contributed by atoms with Gasteiger partial charge in [-0.05, 0) is 78.9 Å². The lowest BCUT2D eigenvalue weighted by molar-refractivity contribution is -0.0226. The van der Waals surface area contributed by atoms with Crippen molar-refractivity contribution in [3.63, 3.8) is 0 Å². The van der Waals surface area contributed by atoms with Gasteiger partial charge >= 0.3 is 0 Å². The Balaban J connectivity index is 1.74. The van der Waals surface area contributed by atoms with Gasteiger partial charge < -0.3 is 5.11 Å². The fourth-order valence-corrected chi connectivity index (χ4v) is 5.99. The third-order valence-corrected chi connectivity index (χ3v) is 7.35. The molecule has 0 amide bonds. The van der Waals surface area contributed by atoms with Crippen LogP contribution in [0.4, 0.5) is 0 Å². The number of nitrogens with zero attached hydrogens (tertiary/aromatic N) is 1. The van der Waals surface area contributed by atoms with E-state index in [1.54, 1.807) is 0 Å². The molecule has 3 unspecified atom stereocenters. The van der Waals surface area contributed by atoms with Gasteiger partial charge in [-0.1, -0.05) is 24.6 Å². The van der Waals surface area contributed by atoms with Gasteiger partial charge in [0.25, 0.3) is 0 Å². The Labute approximate surface area is 137 Å². The van der Waals surface area contributed by atoms with Crippen LogP contribution in [0.1, 0.15) is 61.6 Å². The van der Waals surface area contributed by atoms with E-state index in [9.17, 15) is 10.4 Å². The average molecular weight is 316 g/mol. The van der Waals surface area contributed by atoms with Crippen LogP contribution in [-0.2, 0) is 6.42 Å². The van der Waals surface area contributed by atoms with Crippen LogP contribution >= 0.6 is 11.6 Å². The molecule has 0 saturated heterocycles. The van der Waals surface area contributed by atoms with Gasteiger partial charge in [-0.25, -0.2) is 0 Å². The Hall–Kier alpha value is -1.04. The van der Waals surface area contributed by atoms with Gasteiger partial charge in [0.15, 0.2) is 0 Å². The minimum Gasteiger partial charge on any atom is -0.393 e. The average Bonchev–Trinajstić information content (AvgIpc) is 2.83. The Morgan fingerprint density at radius 3 is 2.86 bits per heavy atom. The fourth-order valence-electron chi connectivity index (χ4n) is 5.68. The summed E-state index contributed by atoms with van der Waals surface area (Å²) < 4.78 is 0. The number of nitriles is 1. The van der Waals surface area contributed by atoms with Crippen molar-refractivity contribution in [2.45, 2.75) is 57.5 Å². The maximum Gasteiger partial charge on any atom is 0.101 e. The van der Waals surface area contributed by atoms with Crippen LogP contribution in [0.2, 0.25) is 5.02 Å². The lowest BCUT2D eigenvalue weighted by Gasteiger charge is -2.50. The van der Waals surface area contributed by atoms with E-state index < -0.39 is 0 Å². The lowest BCUT2D eigenvalue weighted by atomic mass is 9.55. The lowest BCUT2D eigenvalue weighted by Crippen LogP contribution is -2.44. The van der Waals surface area contributed by atoms with E-state index in [1.807, 2.05) is 6.07 Å². The van der Waals surface area contributed by atoms with Crippen LogP contribution in [0.5, 0.6) is 0 Å². The summed E-state index contributed by atoms with van der Waals surface area (Å²) >= 11 is 6.46. The molecule has 2 fully saturated rings. The maximum absolute atomic E-state index is 10.4. The van der Waals surface area contributed by atoms with Crippen molar-refractivity contribution >= 4 is 11.6 Å². The number of hydrogen-bond donors (Lipinski definition) is 1. The van der Waals surface area contributed by atoms with Gasteiger partial charge in [-0.2, -0.15) is 5.26 Å². The summed E-state index contributed by atoms with van der Waals surface area (Å²) in [7, 11) is 0. The van der Waals surface area contributed by atoms with Crippen LogP contribution in [0.15, 0.2) is 12.1 Å². The molecule has 0 aromatic heterocycles. The summed E-state index contributed by atoms with van der Waals surface area (Å²) in [5.41, 5.74) is 3.32. The molecule has 116 valence electrons. The van der Waals surface area contributed by atoms with Crippen molar-refractivity contribution in [3.8, 4) is 6.07 Å². The highest BCUT2D eigenvalue weighted by Crippen LogP contribution is 2.61. The van der Waals surface area contributed by atoms with E-state index in [1.165, 1.54) is 11.1 Å². The highest BCUT2D eigenvalue weighted by Gasteiger charge is 2.54. The molecule has 1 aromatic carbocycles. The van der Waals surface area contributed by atoms with Gasteiger partial charge in [-0.15, -0.1) is 0 Å². The zero-order chi connectivity index (χ0) is 15.5. The number of halogens is 1.